The fourth-order valence-electron chi connectivity index (χ4n) is 0.804. The van der Waals surface area contributed by atoms with Gasteiger partial charge in [-0.1, -0.05) is 6.92 Å². The average molecular weight is 112 g/mol. The lowest BCUT2D eigenvalue weighted by molar-refractivity contribution is 0.544. The van der Waals surface area contributed by atoms with Crippen LogP contribution in [0.1, 0.15) is 20.3 Å². The minimum atomic E-state index is 0.481. The second-order valence-corrected chi connectivity index (χ2v) is 2.10. The molecule has 1 rings (SSSR count). The van der Waals surface area contributed by atoms with Gasteiger partial charge in [0.15, 0.2) is 0 Å². The maximum atomic E-state index is 3.25. The second kappa shape index (κ2) is 2.07. The van der Waals surface area contributed by atoms with E-state index in [0.29, 0.717) is 6.17 Å². The molecular formula is C6H12N2. The molecule has 0 aromatic rings. The first-order chi connectivity index (χ1) is 3.83. The van der Waals surface area contributed by atoms with Gasteiger partial charge < -0.3 is 10.6 Å². The molecule has 1 unspecified atom stereocenters. The SMILES string of the molecule is CCC1NC=C(C)N1. The highest BCUT2D eigenvalue weighted by Gasteiger charge is 2.06. The lowest BCUT2D eigenvalue weighted by Crippen LogP contribution is -2.30. The van der Waals surface area contributed by atoms with E-state index in [1.54, 1.807) is 0 Å². The van der Waals surface area contributed by atoms with Gasteiger partial charge in [0.1, 0.15) is 0 Å². The van der Waals surface area contributed by atoms with E-state index in [4.69, 9.17) is 0 Å². The van der Waals surface area contributed by atoms with Crippen molar-refractivity contribution in [1.29, 1.82) is 0 Å². The lowest BCUT2D eigenvalue weighted by Gasteiger charge is -2.08. The average Bonchev–Trinajstić information content (AvgIpc) is 2.14. The van der Waals surface area contributed by atoms with Gasteiger partial charge in [0.2, 0.25) is 0 Å². The van der Waals surface area contributed by atoms with Crippen molar-refractivity contribution >= 4 is 0 Å². The number of allylic oxidation sites excluding steroid dienone is 1. The minimum Gasteiger partial charge on any atom is -0.370 e. The standard InChI is InChI=1S/C6H12N2/c1-3-6-7-4-5(2)8-6/h4,6-8H,3H2,1-2H3. The lowest BCUT2D eigenvalue weighted by atomic mass is 10.4. The summed E-state index contributed by atoms with van der Waals surface area (Å²) in [5.74, 6) is 0. The summed E-state index contributed by atoms with van der Waals surface area (Å²) in [6.45, 7) is 4.21. The Morgan fingerprint density at radius 2 is 2.50 bits per heavy atom. The first-order valence-corrected chi connectivity index (χ1v) is 3.02. The van der Waals surface area contributed by atoms with E-state index in [0.717, 1.165) is 6.42 Å². The first-order valence-electron chi connectivity index (χ1n) is 3.02. The van der Waals surface area contributed by atoms with Crippen LogP contribution in [0.2, 0.25) is 0 Å². The summed E-state index contributed by atoms with van der Waals surface area (Å²) < 4.78 is 0. The third-order valence-corrected chi connectivity index (χ3v) is 1.31. The third kappa shape index (κ3) is 0.941. The zero-order chi connectivity index (χ0) is 5.98. The molecule has 1 aliphatic heterocycles. The van der Waals surface area contributed by atoms with Crippen LogP contribution in [0, 0.1) is 0 Å². The van der Waals surface area contributed by atoms with E-state index >= 15 is 0 Å². The van der Waals surface area contributed by atoms with Crippen molar-refractivity contribution in [3.63, 3.8) is 0 Å². The Labute approximate surface area is 50.0 Å². The molecule has 2 N–H and O–H groups in total. The van der Waals surface area contributed by atoms with Gasteiger partial charge in [-0.2, -0.15) is 0 Å². The van der Waals surface area contributed by atoms with E-state index < -0.39 is 0 Å². The maximum Gasteiger partial charge on any atom is 0.0954 e. The largest absolute Gasteiger partial charge is 0.370 e. The molecule has 0 bridgehead atoms. The van der Waals surface area contributed by atoms with Crippen molar-refractivity contribution in [2.45, 2.75) is 26.4 Å². The molecule has 0 saturated carbocycles. The molecule has 0 aliphatic carbocycles. The van der Waals surface area contributed by atoms with Crippen LogP contribution in [-0.4, -0.2) is 6.17 Å². The van der Waals surface area contributed by atoms with Gasteiger partial charge in [-0.15, -0.1) is 0 Å². The molecule has 46 valence electrons. The molecule has 1 heterocycles. The van der Waals surface area contributed by atoms with Crippen LogP contribution in [0.15, 0.2) is 11.9 Å². The van der Waals surface area contributed by atoms with E-state index in [9.17, 15) is 0 Å². The van der Waals surface area contributed by atoms with Gasteiger partial charge in [-0.25, -0.2) is 0 Å². The topological polar surface area (TPSA) is 24.1 Å². The smallest absolute Gasteiger partial charge is 0.0954 e. The van der Waals surface area contributed by atoms with Crippen molar-refractivity contribution in [1.82, 2.24) is 10.6 Å². The molecule has 2 nitrogen and oxygen atoms in total. The van der Waals surface area contributed by atoms with Crippen LogP contribution in [0.3, 0.4) is 0 Å². The molecule has 1 aliphatic rings. The Kier molecular flexibility index (Phi) is 1.42. The van der Waals surface area contributed by atoms with Gasteiger partial charge in [0.25, 0.3) is 0 Å². The van der Waals surface area contributed by atoms with Crippen LogP contribution in [-0.2, 0) is 0 Å². The Hall–Kier alpha value is -0.660. The molecule has 0 saturated heterocycles. The molecule has 2 heteroatoms. The number of hydrogen-bond acceptors (Lipinski definition) is 2. The summed E-state index contributed by atoms with van der Waals surface area (Å²) in [6, 6.07) is 0. The molecule has 0 fully saturated rings. The summed E-state index contributed by atoms with van der Waals surface area (Å²) in [7, 11) is 0. The Morgan fingerprint density at radius 3 is 2.75 bits per heavy atom. The van der Waals surface area contributed by atoms with Crippen LogP contribution < -0.4 is 10.6 Å². The summed E-state index contributed by atoms with van der Waals surface area (Å²) in [5, 5.41) is 6.44. The maximum absolute atomic E-state index is 3.25. The zero-order valence-electron chi connectivity index (χ0n) is 5.36. The zero-order valence-corrected chi connectivity index (χ0v) is 5.36. The molecule has 0 amide bonds. The van der Waals surface area contributed by atoms with Crippen LogP contribution in [0.25, 0.3) is 0 Å². The van der Waals surface area contributed by atoms with Crippen molar-refractivity contribution in [3.05, 3.63) is 11.9 Å². The minimum absolute atomic E-state index is 0.481. The fourth-order valence-corrected chi connectivity index (χ4v) is 0.804. The van der Waals surface area contributed by atoms with Gasteiger partial charge in [-0.05, 0) is 13.3 Å². The number of rotatable bonds is 1. The third-order valence-electron chi connectivity index (χ3n) is 1.31. The highest BCUT2D eigenvalue weighted by molar-refractivity contribution is 5.02. The summed E-state index contributed by atoms with van der Waals surface area (Å²) in [5.41, 5.74) is 1.23. The van der Waals surface area contributed by atoms with Gasteiger partial charge >= 0.3 is 0 Å². The number of hydrogen-bond donors (Lipinski definition) is 2. The Bertz CT molecular complexity index is 107. The van der Waals surface area contributed by atoms with Crippen molar-refractivity contribution < 1.29 is 0 Å². The molecule has 8 heavy (non-hydrogen) atoms. The van der Waals surface area contributed by atoms with E-state index in [1.165, 1.54) is 5.70 Å². The Balaban J connectivity index is 2.32. The van der Waals surface area contributed by atoms with Gasteiger partial charge in [-0.3, -0.25) is 0 Å². The van der Waals surface area contributed by atoms with Crippen LogP contribution in [0.4, 0.5) is 0 Å². The molecular weight excluding hydrogens is 100 g/mol. The first kappa shape index (κ1) is 5.48. The van der Waals surface area contributed by atoms with Crippen LogP contribution in [0.5, 0.6) is 0 Å². The molecule has 1 atom stereocenters. The van der Waals surface area contributed by atoms with Gasteiger partial charge in [0, 0.05) is 11.9 Å². The monoisotopic (exact) mass is 112 g/mol. The van der Waals surface area contributed by atoms with Crippen molar-refractivity contribution in [2.75, 3.05) is 0 Å². The van der Waals surface area contributed by atoms with Crippen LogP contribution >= 0.6 is 0 Å². The second-order valence-electron chi connectivity index (χ2n) is 2.10. The van der Waals surface area contributed by atoms with Crippen molar-refractivity contribution in [3.8, 4) is 0 Å². The molecule has 0 radical (unpaired) electrons. The predicted octanol–water partition coefficient (Wildman–Crippen LogP) is 0.777. The highest BCUT2D eigenvalue weighted by Crippen LogP contribution is 1.98. The molecule has 0 aromatic heterocycles. The summed E-state index contributed by atoms with van der Waals surface area (Å²) in [6.07, 6.45) is 3.62. The van der Waals surface area contributed by atoms with E-state index in [-0.39, 0.29) is 0 Å². The normalized spacial score (nSPS) is 26.2. The van der Waals surface area contributed by atoms with Gasteiger partial charge in [0.05, 0.1) is 6.17 Å². The molecule has 0 aromatic carbocycles. The summed E-state index contributed by atoms with van der Waals surface area (Å²) in [4.78, 5) is 0. The van der Waals surface area contributed by atoms with E-state index in [1.807, 2.05) is 6.20 Å². The van der Waals surface area contributed by atoms with E-state index in [2.05, 4.69) is 24.5 Å². The fraction of sp³-hybridized carbons (Fsp3) is 0.667. The quantitative estimate of drug-likeness (QED) is 0.523. The number of nitrogens with one attached hydrogen (secondary N) is 2. The molecule has 0 spiro atoms. The summed E-state index contributed by atoms with van der Waals surface area (Å²) >= 11 is 0. The Morgan fingerprint density at radius 1 is 1.75 bits per heavy atom. The highest BCUT2D eigenvalue weighted by atomic mass is 15.2. The predicted molar refractivity (Wildman–Crippen MR) is 34.1 cm³/mol. The van der Waals surface area contributed by atoms with Crippen molar-refractivity contribution in [2.24, 2.45) is 0 Å².